The Morgan fingerprint density at radius 3 is 2.00 bits per heavy atom. The first-order chi connectivity index (χ1) is 3.42. The Kier molecular flexibility index (Phi) is 3.16. The molecule has 0 rings (SSSR count). The van der Waals surface area contributed by atoms with Crippen molar-refractivity contribution in [1.29, 1.82) is 0 Å². The van der Waals surface area contributed by atoms with Crippen LogP contribution in [0.3, 0.4) is 0 Å². The second-order valence-electron chi connectivity index (χ2n) is 0.810. The van der Waals surface area contributed by atoms with Crippen molar-refractivity contribution in [3.8, 4) is 0 Å². The summed E-state index contributed by atoms with van der Waals surface area (Å²) in [4.78, 5) is 23.8. The van der Waals surface area contributed by atoms with Crippen LogP contribution in [-0.2, 0) is 20.7 Å². The molecule has 0 aromatic rings. The smallest absolute Gasteiger partial charge is 0.320 e. The molecule has 0 fully saturated rings. The van der Waals surface area contributed by atoms with Gasteiger partial charge in [-0.25, -0.2) is 8.88 Å². The largest absolute Gasteiger partial charge is 0.479 e. The van der Waals surface area contributed by atoms with Gasteiger partial charge in [0.1, 0.15) is 0 Å². The summed E-state index contributed by atoms with van der Waals surface area (Å²) < 4.78 is 13.2. The van der Waals surface area contributed by atoms with Crippen molar-refractivity contribution in [2.45, 2.75) is 0 Å². The van der Waals surface area contributed by atoms with E-state index >= 15 is 0 Å². The van der Waals surface area contributed by atoms with Crippen LogP contribution in [0.15, 0.2) is 0 Å². The Morgan fingerprint density at radius 2 is 2.00 bits per heavy atom. The zero-order chi connectivity index (χ0) is 6.78. The van der Waals surface area contributed by atoms with Crippen molar-refractivity contribution < 1.29 is 23.6 Å². The molecule has 5 nitrogen and oxygen atoms in total. The Morgan fingerprint density at radius 1 is 1.62 bits per heavy atom. The van der Waals surface area contributed by atoms with Crippen LogP contribution in [-0.4, -0.2) is 14.7 Å². The lowest BCUT2D eigenvalue weighted by Crippen LogP contribution is -1.75. The summed E-state index contributed by atoms with van der Waals surface area (Å²) in [6.07, 6.45) is 0. The molecule has 0 spiro atoms. The standard InChI is InChI=1S/H3O5P2S/c1-6(8)5-7(2,3)4/h(H,1,8)(H2,2,3,4). The summed E-state index contributed by atoms with van der Waals surface area (Å²) in [5.74, 6) is 0. The van der Waals surface area contributed by atoms with Crippen molar-refractivity contribution in [2.75, 3.05) is 0 Å². The van der Waals surface area contributed by atoms with E-state index in [1.165, 1.54) is 0 Å². The molecule has 0 aliphatic heterocycles. The minimum absolute atomic E-state index is 2.37. The summed E-state index contributed by atoms with van der Waals surface area (Å²) in [6, 6.07) is 0. The van der Waals surface area contributed by atoms with E-state index in [0.717, 1.165) is 0 Å². The van der Waals surface area contributed by atoms with Crippen LogP contribution in [0, 0.1) is 0 Å². The van der Waals surface area contributed by atoms with E-state index in [1.807, 2.05) is 0 Å². The Labute approximate surface area is 51.1 Å². The minimum Gasteiger partial charge on any atom is -0.320 e. The topological polar surface area (TPSA) is 87.0 Å². The fourth-order valence-electron chi connectivity index (χ4n) is 0.0910. The molecule has 0 aromatic heterocycles. The van der Waals surface area contributed by atoms with E-state index in [2.05, 4.69) is 16.1 Å². The van der Waals surface area contributed by atoms with Gasteiger partial charge in [0.05, 0.1) is 0 Å². The van der Waals surface area contributed by atoms with Gasteiger partial charge >= 0.3 is 7.82 Å². The Balaban J connectivity index is 3.74. The lowest BCUT2D eigenvalue weighted by molar-refractivity contribution is 0.286. The predicted octanol–water partition coefficient (Wildman–Crippen LogP) is -0.138. The first kappa shape index (κ1) is 8.59. The Hall–Kier alpha value is 0.590. The number of phosphoric acid groups is 1. The first-order valence-electron chi connectivity index (χ1n) is 1.33. The van der Waals surface area contributed by atoms with E-state index in [1.54, 1.807) is 0 Å². The molecule has 0 heterocycles. The molecule has 0 saturated carbocycles. The van der Waals surface area contributed by atoms with Crippen molar-refractivity contribution in [1.82, 2.24) is 0 Å². The maximum absolute atomic E-state index is 9.70. The average Bonchev–Trinajstić information content (AvgIpc) is 1.21. The average molecular weight is 177 g/mol. The number of hydrogen-bond donors (Lipinski definition) is 3. The molecular formula is H3O5P2S. The SMILES string of the molecule is O=P(O)(O)O[P](O)=S. The maximum Gasteiger partial charge on any atom is 0.479 e. The maximum atomic E-state index is 9.70. The van der Waals surface area contributed by atoms with Crippen molar-refractivity contribution in [3.05, 3.63) is 0 Å². The third-order valence-corrected chi connectivity index (χ3v) is 2.19. The van der Waals surface area contributed by atoms with E-state index < -0.39 is 15.0 Å². The molecule has 0 aromatic carbocycles. The van der Waals surface area contributed by atoms with Gasteiger partial charge in [0.25, 0.3) is 0 Å². The van der Waals surface area contributed by atoms with E-state index in [9.17, 15) is 4.57 Å². The highest BCUT2D eigenvalue weighted by molar-refractivity contribution is 8.01. The fraction of sp³-hybridized carbons (Fsp3) is 0. The van der Waals surface area contributed by atoms with Gasteiger partial charge in [-0.15, -0.1) is 0 Å². The zero-order valence-electron chi connectivity index (χ0n) is 3.46. The molecule has 0 bridgehead atoms. The molecule has 0 amide bonds. The van der Waals surface area contributed by atoms with Crippen molar-refractivity contribution in [2.24, 2.45) is 0 Å². The molecule has 8 heavy (non-hydrogen) atoms. The zero-order valence-corrected chi connectivity index (χ0v) is 6.07. The summed E-state index contributed by atoms with van der Waals surface area (Å²) >= 11 is 3.93. The van der Waals surface area contributed by atoms with Gasteiger partial charge in [-0.3, -0.25) is 0 Å². The molecule has 1 atom stereocenters. The fourth-order valence-corrected chi connectivity index (χ4v) is 1.60. The second-order valence-corrected chi connectivity index (χ2v) is 3.86. The molecule has 0 aliphatic rings. The van der Waals surface area contributed by atoms with Crippen LogP contribution in [0.1, 0.15) is 0 Å². The summed E-state index contributed by atoms with van der Waals surface area (Å²) in [6.45, 7) is 0. The molecule has 8 heteroatoms. The molecule has 1 radical (unpaired) electrons. The second kappa shape index (κ2) is 2.94. The minimum atomic E-state index is -4.55. The molecule has 3 N–H and O–H groups in total. The van der Waals surface area contributed by atoms with Gasteiger partial charge in [0.2, 0.25) is 7.15 Å². The van der Waals surface area contributed by atoms with E-state index in [0.29, 0.717) is 0 Å². The third-order valence-electron chi connectivity index (χ3n) is 0.176. The van der Waals surface area contributed by atoms with E-state index in [4.69, 9.17) is 14.7 Å². The van der Waals surface area contributed by atoms with Gasteiger partial charge < -0.3 is 14.7 Å². The molecule has 1 unspecified atom stereocenters. The van der Waals surface area contributed by atoms with Crippen LogP contribution < -0.4 is 0 Å². The monoisotopic (exact) mass is 177 g/mol. The lowest BCUT2D eigenvalue weighted by Gasteiger charge is -1.98. The Bertz CT molecular complexity index is 133. The summed E-state index contributed by atoms with van der Waals surface area (Å²) in [7, 11) is -6.92. The number of rotatable bonds is 2. The molecule has 0 aliphatic carbocycles. The van der Waals surface area contributed by atoms with Gasteiger partial charge in [-0.2, -0.15) is 0 Å². The van der Waals surface area contributed by atoms with E-state index in [-0.39, 0.29) is 0 Å². The molecular weight excluding hydrogens is 174 g/mol. The van der Waals surface area contributed by atoms with Gasteiger partial charge in [0.15, 0.2) is 0 Å². The van der Waals surface area contributed by atoms with Crippen LogP contribution >= 0.6 is 15.0 Å². The third kappa shape index (κ3) is 6.59. The lowest BCUT2D eigenvalue weighted by atomic mass is 15.7. The van der Waals surface area contributed by atoms with Crippen LogP contribution in [0.2, 0.25) is 0 Å². The van der Waals surface area contributed by atoms with Crippen LogP contribution in [0.5, 0.6) is 0 Å². The highest BCUT2D eigenvalue weighted by atomic mass is 32.4. The first-order valence-corrected chi connectivity index (χ1v) is 5.09. The van der Waals surface area contributed by atoms with Crippen LogP contribution in [0.4, 0.5) is 0 Å². The normalized spacial score (nSPS) is 13.6. The summed E-state index contributed by atoms with van der Waals surface area (Å²) in [5.41, 5.74) is 0. The summed E-state index contributed by atoms with van der Waals surface area (Å²) in [5, 5.41) is 0. The highest BCUT2D eigenvalue weighted by Gasteiger charge is 2.15. The van der Waals surface area contributed by atoms with Gasteiger partial charge in [-0.05, 0) is 11.8 Å². The molecule has 49 valence electrons. The van der Waals surface area contributed by atoms with Crippen molar-refractivity contribution in [3.63, 3.8) is 0 Å². The van der Waals surface area contributed by atoms with Gasteiger partial charge in [-0.1, -0.05) is 0 Å². The predicted molar refractivity (Wildman–Crippen MR) is 29.6 cm³/mol. The molecule has 0 saturated heterocycles. The number of hydrogen-bond acceptors (Lipinski definition) is 3. The quantitative estimate of drug-likeness (QED) is 0.509. The van der Waals surface area contributed by atoms with Crippen LogP contribution in [0.25, 0.3) is 0 Å². The van der Waals surface area contributed by atoms with Gasteiger partial charge in [0, 0.05) is 0 Å². The highest BCUT2D eigenvalue weighted by Crippen LogP contribution is 2.45. The van der Waals surface area contributed by atoms with Crippen molar-refractivity contribution >= 4 is 26.8 Å².